The summed E-state index contributed by atoms with van der Waals surface area (Å²) in [5.74, 6) is 1.37. The lowest BCUT2D eigenvalue weighted by molar-refractivity contribution is 0.416. The van der Waals surface area contributed by atoms with Gasteiger partial charge in [0, 0.05) is 0 Å². The molecule has 2 aromatic rings. The Hall–Kier alpha value is -2.11. The van der Waals surface area contributed by atoms with Crippen molar-refractivity contribution in [2.75, 3.05) is 12.8 Å². The summed E-state index contributed by atoms with van der Waals surface area (Å²) < 4.78 is 7.29. The van der Waals surface area contributed by atoms with Gasteiger partial charge in [0.1, 0.15) is 0 Å². The summed E-state index contributed by atoms with van der Waals surface area (Å²) in [7, 11) is 1.61. The molecule has 1 aliphatic rings. The number of nitrogen functional groups attached to an aromatic ring is 1. The van der Waals surface area contributed by atoms with Crippen LogP contribution in [0.3, 0.4) is 0 Å². The summed E-state index contributed by atoms with van der Waals surface area (Å²) in [4.78, 5) is 0. The number of para-hydroxylation sites is 1. The Labute approximate surface area is 111 Å². The van der Waals surface area contributed by atoms with Crippen molar-refractivity contribution in [3.05, 3.63) is 18.2 Å². The third-order valence-corrected chi connectivity index (χ3v) is 3.65. The van der Waals surface area contributed by atoms with Crippen molar-refractivity contribution in [3.63, 3.8) is 0 Å². The van der Waals surface area contributed by atoms with Gasteiger partial charge in [-0.2, -0.15) is 0 Å². The lowest BCUT2D eigenvalue weighted by atomic mass is 10.1. The van der Waals surface area contributed by atoms with E-state index in [4.69, 9.17) is 10.5 Å². The van der Waals surface area contributed by atoms with E-state index < -0.39 is 0 Å². The van der Waals surface area contributed by atoms with Gasteiger partial charge in [-0.15, -0.1) is 5.10 Å². The predicted molar refractivity (Wildman–Crippen MR) is 71.7 cm³/mol. The minimum absolute atomic E-state index is 0.385. The molecule has 1 aromatic carbocycles. The van der Waals surface area contributed by atoms with Gasteiger partial charge < -0.3 is 10.5 Å². The van der Waals surface area contributed by atoms with E-state index in [1.165, 1.54) is 12.8 Å². The first-order valence-corrected chi connectivity index (χ1v) is 6.52. The van der Waals surface area contributed by atoms with Gasteiger partial charge in [0.2, 0.25) is 0 Å². The summed E-state index contributed by atoms with van der Waals surface area (Å²) in [6, 6.07) is 6.02. The minimum atomic E-state index is 0.385. The molecule has 0 radical (unpaired) electrons. The maximum Gasteiger partial charge on any atom is 0.186 e. The van der Waals surface area contributed by atoms with Crippen molar-refractivity contribution in [2.45, 2.75) is 31.7 Å². The topological polar surface area (TPSA) is 78.8 Å². The molecule has 1 aromatic heterocycles. The molecule has 0 bridgehead atoms. The van der Waals surface area contributed by atoms with E-state index in [2.05, 4.69) is 15.5 Å². The molecule has 0 spiro atoms. The lowest BCUT2D eigenvalue weighted by Gasteiger charge is -2.14. The molecule has 1 fully saturated rings. The highest BCUT2D eigenvalue weighted by Crippen LogP contribution is 2.36. The van der Waals surface area contributed by atoms with E-state index in [1.54, 1.807) is 7.11 Å². The Morgan fingerprint density at radius 1 is 1.32 bits per heavy atom. The van der Waals surface area contributed by atoms with Crippen LogP contribution < -0.4 is 10.5 Å². The van der Waals surface area contributed by atoms with Crippen molar-refractivity contribution in [1.82, 2.24) is 20.2 Å². The maximum absolute atomic E-state index is 5.94. The van der Waals surface area contributed by atoms with Crippen LogP contribution in [0.1, 0.15) is 31.7 Å². The molecular formula is C13H17N5O. The molecule has 0 unspecified atom stereocenters. The van der Waals surface area contributed by atoms with Gasteiger partial charge in [0.25, 0.3) is 0 Å². The fraction of sp³-hybridized carbons (Fsp3) is 0.462. The highest BCUT2D eigenvalue weighted by molar-refractivity contribution is 5.73. The maximum atomic E-state index is 5.94. The van der Waals surface area contributed by atoms with Crippen LogP contribution in [0.2, 0.25) is 0 Å². The molecule has 1 saturated carbocycles. The third kappa shape index (κ3) is 2.03. The number of anilines is 1. The van der Waals surface area contributed by atoms with Crippen LogP contribution >= 0.6 is 0 Å². The van der Waals surface area contributed by atoms with Crippen LogP contribution in [-0.4, -0.2) is 27.3 Å². The smallest absolute Gasteiger partial charge is 0.186 e. The Bertz CT molecular complexity index is 574. The average molecular weight is 259 g/mol. The van der Waals surface area contributed by atoms with Crippen molar-refractivity contribution in [3.8, 4) is 17.1 Å². The van der Waals surface area contributed by atoms with Gasteiger partial charge >= 0.3 is 0 Å². The molecule has 1 aliphatic carbocycles. The normalized spacial score (nSPS) is 15.8. The number of aromatic nitrogens is 4. The summed E-state index contributed by atoms with van der Waals surface area (Å²) in [6.45, 7) is 0. The first-order chi connectivity index (χ1) is 9.31. The second-order valence-electron chi connectivity index (χ2n) is 4.81. The summed E-state index contributed by atoms with van der Waals surface area (Å²) in [6.07, 6.45) is 4.72. The van der Waals surface area contributed by atoms with E-state index in [9.17, 15) is 0 Å². The van der Waals surface area contributed by atoms with Gasteiger partial charge in [-0.25, -0.2) is 4.68 Å². The molecule has 6 heteroatoms. The molecule has 3 rings (SSSR count). The summed E-state index contributed by atoms with van der Waals surface area (Å²) >= 11 is 0. The van der Waals surface area contributed by atoms with E-state index in [-0.39, 0.29) is 0 Å². The quantitative estimate of drug-likeness (QED) is 0.853. The summed E-state index contributed by atoms with van der Waals surface area (Å²) in [5, 5.41) is 12.1. The Morgan fingerprint density at radius 2 is 2.11 bits per heavy atom. The molecule has 0 atom stereocenters. The number of nitrogens with two attached hydrogens (primary N) is 1. The number of rotatable bonds is 3. The van der Waals surface area contributed by atoms with Crippen LogP contribution in [0, 0.1) is 0 Å². The molecule has 19 heavy (non-hydrogen) atoms. The zero-order valence-corrected chi connectivity index (χ0v) is 10.9. The molecule has 0 aliphatic heterocycles. The summed E-state index contributed by atoms with van der Waals surface area (Å²) in [5.41, 5.74) is 7.38. The number of methoxy groups -OCH3 is 1. The zero-order valence-electron chi connectivity index (χ0n) is 10.9. The fourth-order valence-electron chi connectivity index (χ4n) is 2.72. The largest absolute Gasteiger partial charge is 0.494 e. The fourth-order valence-corrected chi connectivity index (χ4v) is 2.72. The second kappa shape index (κ2) is 4.87. The molecule has 0 amide bonds. The average Bonchev–Trinajstić information content (AvgIpc) is 3.09. The van der Waals surface area contributed by atoms with Gasteiger partial charge in [-0.1, -0.05) is 18.9 Å². The van der Waals surface area contributed by atoms with Crippen LogP contribution in [0.25, 0.3) is 11.4 Å². The second-order valence-corrected chi connectivity index (χ2v) is 4.81. The monoisotopic (exact) mass is 259 g/mol. The number of benzene rings is 1. The van der Waals surface area contributed by atoms with E-state index in [0.29, 0.717) is 17.5 Å². The van der Waals surface area contributed by atoms with Crippen LogP contribution in [-0.2, 0) is 0 Å². The standard InChI is InChI=1S/C13H17N5O/c1-19-12-10(7-4-8-11(12)14)13-15-16-17-18(13)9-5-2-3-6-9/h4,7-9H,2-3,5-6,14H2,1H3. The Kier molecular flexibility index (Phi) is 3.06. The lowest BCUT2D eigenvalue weighted by Crippen LogP contribution is -2.09. The zero-order chi connectivity index (χ0) is 13.2. The molecule has 1 heterocycles. The van der Waals surface area contributed by atoms with E-state index >= 15 is 0 Å². The molecule has 2 N–H and O–H groups in total. The Balaban J connectivity index is 2.07. The SMILES string of the molecule is COc1c(N)cccc1-c1nnnn1C1CCCC1. The Morgan fingerprint density at radius 3 is 2.84 bits per heavy atom. The van der Waals surface area contributed by atoms with Gasteiger partial charge in [-0.3, -0.25) is 0 Å². The van der Waals surface area contributed by atoms with Crippen molar-refractivity contribution < 1.29 is 4.74 Å². The highest BCUT2D eigenvalue weighted by atomic mass is 16.5. The number of hydrogen-bond acceptors (Lipinski definition) is 5. The molecule has 100 valence electrons. The van der Waals surface area contributed by atoms with Crippen molar-refractivity contribution in [2.24, 2.45) is 0 Å². The van der Waals surface area contributed by atoms with E-state index in [1.807, 2.05) is 22.9 Å². The van der Waals surface area contributed by atoms with Crippen LogP contribution in [0.5, 0.6) is 5.75 Å². The minimum Gasteiger partial charge on any atom is -0.494 e. The molecule has 6 nitrogen and oxygen atoms in total. The molecule has 0 saturated heterocycles. The van der Waals surface area contributed by atoms with Gasteiger partial charge in [0.05, 0.1) is 24.4 Å². The predicted octanol–water partition coefficient (Wildman–Crippen LogP) is 2.05. The van der Waals surface area contributed by atoms with Crippen molar-refractivity contribution in [1.29, 1.82) is 0 Å². The van der Waals surface area contributed by atoms with Crippen LogP contribution in [0.4, 0.5) is 5.69 Å². The first kappa shape index (κ1) is 12.0. The number of nitrogens with zero attached hydrogens (tertiary/aromatic N) is 4. The number of ether oxygens (including phenoxy) is 1. The number of hydrogen-bond donors (Lipinski definition) is 1. The van der Waals surface area contributed by atoms with Crippen molar-refractivity contribution >= 4 is 5.69 Å². The highest BCUT2D eigenvalue weighted by Gasteiger charge is 2.24. The first-order valence-electron chi connectivity index (χ1n) is 6.52. The van der Waals surface area contributed by atoms with Crippen LogP contribution in [0.15, 0.2) is 18.2 Å². The van der Waals surface area contributed by atoms with E-state index in [0.717, 1.165) is 24.2 Å². The molecular weight excluding hydrogens is 242 g/mol. The van der Waals surface area contributed by atoms with Gasteiger partial charge in [0.15, 0.2) is 11.6 Å². The number of tetrazole rings is 1. The third-order valence-electron chi connectivity index (χ3n) is 3.65. The van der Waals surface area contributed by atoms with Gasteiger partial charge in [-0.05, 0) is 35.4 Å².